The summed E-state index contributed by atoms with van der Waals surface area (Å²) >= 11 is 0. The van der Waals surface area contributed by atoms with E-state index in [0.717, 1.165) is 11.4 Å². The third kappa shape index (κ3) is 2.14. The summed E-state index contributed by atoms with van der Waals surface area (Å²) in [4.78, 5) is 11.8. The fourth-order valence-corrected chi connectivity index (χ4v) is 2.20. The topological polar surface area (TPSA) is 107 Å². The van der Waals surface area contributed by atoms with Crippen LogP contribution in [-0.2, 0) is 7.05 Å². The molecule has 0 unspecified atom stereocenters. The van der Waals surface area contributed by atoms with E-state index >= 15 is 0 Å². The maximum absolute atomic E-state index is 9.11. The number of rotatable bonds is 3. The Morgan fingerprint density at radius 2 is 2.19 bits per heavy atom. The van der Waals surface area contributed by atoms with Gasteiger partial charge in [0.05, 0.1) is 22.3 Å². The third-order valence-corrected chi connectivity index (χ3v) is 3.15. The Kier molecular flexibility index (Phi) is 2.95. The Morgan fingerprint density at radius 1 is 1.38 bits per heavy atom. The van der Waals surface area contributed by atoms with Gasteiger partial charge in [0.15, 0.2) is 0 Å². The minimum absolute atomic E-state index is 0.439. The van der Waals surface area contributed by atoms with Crippen molar-refractivity contribution in [1.29, 1.82) is 5.26 Å². The maximum atomic E-state index is 9.11. The van der Waals surface area contributed by atoms with Gasteiger partial charge in [-0.15, -0.1) is 0 Å². The van der Waals surface area contributed by atoms with Gasteiger partial charge in [-0.3, -0.25) is 4.68 Å². The van der Waals surface area contributed by atoms with Crippen LogP contribution in [0.5, 0.6) is 0 Å². The largest absolute Gasteiger partial charge is 0.372 e. The molecule has 0 fully saturated rings. The molecule has 3 N–H and O–H groups in total. The average molecular weight is 282 g/mol. The third-order valence-electron chi connectivity index (χ3n) is 3.15. The summed E-state index contributed by atoms with van der Waals surface area (Å²) in [6, 6.07) is 2.12. The second-order valence-corrected chi connectivity index (χ2v) is 4.61. The number of nitrogens with zero attached hydrogens (tertiary/aromatic N) is 5. The molecule has 0 aliphatic heterocycles. The summed E-state index contributed by atoms with van der Waals surface area (Å²) in [6.45, 7) is 1.91. The molecule has 0 spiro atoms. The Morgan fingerprint density at radius 3 is 2.81 bits per heavy atom. The van der Waals surface area contributed by atoms with E-state index in [1.165, 1.54) is 0 Å². The summed E-state index contributed by atoms with van der Waals surface area (Å²) in [5, 5.41) is 20.2. The lowest BCUT2D eigenvalue weighted by Gasteiger charge is -2.07. The zero-order valence-corrected chi connectivity index (χ0v) is 11.9. The normalized spacial score (nSPS) is 10.6. The molecule has 0 atom stereocenters. The van der Waals surface area contributed by atoms with Crippen molar-refractivity contribution in [3.63, 3.8) is 0 Å². The van der Waals surface area contributed by atoms with E-state index in [-0.39, 0.29) is 0 Å². The quantitative estimate of drug-likeness (QED) is 0.674. The van der Waals surface area contributed by atoms with E-state index in [1.807, 2.05) is 20.2 Å². The molecule has 0 bridgehead atoms. The van der Waals surface area contributed by atoms with Crippen LogP contribution in [0, 0.1) is 18.3 Å². The molecular weight excluding hydrogens is 268 g/mol. The summed E-state index contributed by atoms with van der Waals surface area (Å²) in [5.74, 6) is 1.04. The van der Waals surface area contributed by atoms with Gasteiger partial charge < -0.3 is 15.6 Å². The van der Waals surface area contributed by atoms with Gasteiger partial charge in [-0.25, -0.2) is 0 Å². The number of aryl methyl sites for hydroxylation is 2. The molecule has 0 radical (unpaired) electrons. The molecule has 0 aliphatic carbocycles. The van der Waals surface area contributed by atoms with Crippen LogP contribution in [-0.4, -0.2) is 31.8 Å². The molecule has 3 rings (SSSR count). The van der Waals surface area contributed by atoms with Gasteiger partial charge in [0.25, 0.3) is 0 Å². The molecule has 3 aromatic rings. The number of fused-ring (bicyclic) bond motifs is 1. The van der Waals surface area contributed by atoms with Crippen molar-refractivity contribution in [2.45, 2.75) is 6.92 Å². The number of H-pyrrole nitrogens is 1. The van der Waals surface area contributed by atoms with Crippen LogP contribution < -0.4 is 10.6 Å². The van der Waals surface area contributed by atoms with E-state index in [0.29, 0.717) is 28.4 Å². The number of aromatic amines is 1. The van der Waals surface area contributed by atoms with Gasteiger partial charge in [0.1, 0.15) is 17.5 Å². The standard InChI is InChI=1S/C13H14N8/c1-7-9(6-21(3)20-7)17-13-18-11(15-2)10-8(4-14)5-16-12(10)19-13/h5-6H,1-3H3,(H3,15,16,17,18,19). The number of hydrogen-bond donors (Lipinski definition) is 3. The smallest absolute Gasteiger partial charge is 0.231 e. The van der Waals surface area contributed by atoms with Crippen LogP contribution in [0.15, 0.2) is 12.4 Å². The minimum Gasteiger partial charge on any atom is -0.372 e. The first-order valence-corrected chi connectivity index (χ1v) is 6.36. The zero-order valence-electron chi connectivity index (χ0n) is 11.9. The molecule has 8 nitrogen and oxygen atoms in total. The van der Waals surface area contributed by atoms with Crippen molar-refractivity contribution >= 4 is 28.5 Å². The highest BCUT2D eigenvalue weighted by Gasteiger charge is 2.13. The van der Waals surface area contributed by atoms with Crippen LogP contribution in [0.1, 0.15) is 11.3 Å². The lowest BCUT2D eigenvalue weighted by atomic mass is 10.2. The molecule has 0 aliphatic rings. The van der Waals surface area contributed by atoms with Crippen LogP contribution >= 0.6 is 0 Å². The minimum atomic E-state index is 0.439. The number of nitrogens with one attached hydrogen (secondary N) is 3. The number of aromatic nitrogens is 5. The van der Waals surface area contributed by atoms with Crippen LogP contribution in [0.2, 0.25) is 0 Å². The first-order chi connectivity index (χ1) is 10.1. The molecule has 0 saturated heterocycles. The molecule has 3 heterocycles. The SMILES string of the molecule is CNc1nc(Nc2cn(C)nc2C)nc2[nH]cc(C#N)c12. The zero-order chi connectivity index (χ0) is 15.0. The van der Waals surface area contributed by atoms with E-state index in [9.17, 15) is 0 Å². The molecule has 0 saturated carbocycles. The van der Waals surface area contributed by atoms with E-state index in [2.05, 4.69) is 36.8 Å². The van der Waals surface area contributed by atoms with Gasteiger partial charge in [-0.05, 0) is 6.92 Å². The first kappa shape index (κ1) is 12.9. The molecule has 0 amide bonds. The molecular formula is C13H14N8. The highest BCUT2D eigenvalue weighted by atomic mass is 15.3. The number of anilines is 3. The summed E-state index contributed by atoms with van der Waals surface area (Å²) in [7, 11) is 3.61. The van der Waals surface area contributed by atoms with Crippen molar-refractivity contribution in [2.75, 3.05) is 17.7 Å². The summed E-state index contributed by atoms with van der Waals surface area (Å²) < 4.78 is 1.72. The van der Waals surface area contributed by atoms with Gasteiger partial charge in [0, 0.05) is 26.5 Å². The van der Waals surface area contributed by atoms with Crippen molar-refractivity contribution in [2.24, 2.45) is 7.05 Å². The number of hydrogen-bond acceptors (Lipinski definition) is 6. The lowest BCUT2D eigenvalue weighted by Crippen LogP contribution is -2.02. The predicted octanol–water partition coefficient (Wildman–Crippen LogP) is 1.66. The summed E-state index contributed by atoms with van der Waals surface area (Å²) in [5.41, 5.74) is 2.82. The highest BCUT2D eigenvalue weighted by Crippen LogP contribution is 2.26. The molecule has 8 heteroatoms. The maximum Gasteiger partial charge on any atom is 0.231 e. The first-order valence-electron chi connectivity index (χ1n) is 6.36. The highest BCUT2D eigenvalue weighted by molar-refractivity contribution is 5.93. The van der Waals surface area contributed by atoms with Crippen molar-refractivity contribution < 1.29 is 0 Å². The number of nitriles is 1. The van der Waals surface area contributed by atoms with Crippen LogP contribution in [0.3, 0.4) is 0 Å². The molecule has 0 aromatic carbocycles. The Bertz CT molecular complexity index is 851. The fraction of sp³-hybridized carbons (Fsp3) is 0.231. The Balaban J connectivity index is 2.08. The van der Waals surface area contributed by atoms with Gasteiger partial charge >= 0.3 is 0 Å². The van der Waals surface area contributed by atoms with Gasteiger partial charge in [-0.2, -0.15) is 20.3 Å². The van der Waals surface area contributed by atoms with Crippen molar-refractivity contribution in [3.05, 3.63) is 23.7 Å². The second kappa shape index (κ2) is 4.79. The molecule has 21 heavy (non-hydrogen) atoms. The lowest BCUT2D eigenvalue weighted by molar-refractivity contribution is 0.756. The van der Waals surface area contributed by atoms with Crippen LogP contribution in [0.25, 0.3) is 11.0 Å². The van der Waals surface area contributed by atoms with Crippen LogP contribution in [0.4, 0.5) is 17.5 Å². The monoisotopic (exact) mass is 282 g/mol. The van der Waals surface area contributed by atoms with Crippen molar-refractivity contribution in [1.82, 2.24) is 24.7 Å². The second-order valence-electron chi connectivity index (χ2n) is 4.61. The molecule has 106 valence electrons. The average Bonchev–Trinajstić information content (AvgIpc) is 3.01. The van der Waals surface area contributed by atoms with E-state index in [4.69, 9.17) is 5.26 Å². The molecule has 3 aromatic heterocycles. The predicted molar refractivity (Wildman–Crippen MR) is 79.4 cm³/mol. The van der Waals surface area contributed by atoms with E-state index < -0.39 is 0 Å². The fourth-order valence-electron chi connectivity index (χ4n) is 2.20. The van der Waals surface area contributed by atoms with Crippen molar-refractivity contribution in [3.8, 4) is 6.07 Å². The summed E-state index contributed by atoms with van der Waals surface area (Å²) in [6.07, 6.45) is 3.48. The van der Waals surface area contributed by atoms with E-state index in [1.54, 1.807) is 17.9 Å². The van der Waals surface area contributed by atoms with Gasteiger partial charge in [-0.1, -0.05) is 0 Å². The van der Waals surface area contributed by atoms with Gasteiger partial charge in [0.2, 0.25) is 5.95 Å². The Labute approximate surface area is 120 Å². The Hall–Kier alpha value is -3.08.